The largest absolute Gasteiger partial charge is 0.416 e. The average molecular weight is 418 g/mol. The van der Waals surface area contributed by atoms with E-state index < -0.39 is 17.6 Å². The van der Waals surface area contributed by atoms with Gasteiger partial charge < -0.3 is 10.6 Å². The summed E-state index contributed by atoms with van der Waals surface area (Å²) in [7, 11) is 0. The summed E-state index contributed by atoms with van der Waals surface area (Å²) in [5.74, 6) is -0.0438. The van der Waals surface area contributed by atoms with Crippen LogP contribution in [0.4, 0.5) is 24.5 Å². The number of hydrogen-bond donors (Lipinski definition) is 2. The van der Waals surface area contributed by atoms with Gasteiger partial charge in [0.15, 0.2) is 0 Å². The number of benzene rings is 2. The van der Waals surface area contributed by atoms with Gasteiger partial charge in [0.2, 0.25) is 5.91 Å². The second kappa shape index (κ2) is 9.78. The van der Waals surface area contributed by atoms with Crippen LogP contribution in [0.15, 0.2) is 48.5 Å². The van der Waals surface area contributed by atoms with E-state index in [4.69, 9.17) is 0 Å². The van der Waals surface area contributed by atoms with Gasteiger partial charge in [-0.3, -0.25) is 9.59 Å². The first-order valence-electron chi connectivity index (χ1n) is 10.2. The van der Waals surface area contributed by atoms with Crippen molar-refractivity contribution in [3.05, 3.63) is 59.7 Å². The van der Waals surface area contributed by atoms with Crippen LogP contribution in [0.1, 0.15) is 60.9 Å². The highest BCUT2D eigenvalue weighted by Crippen LogP contribution is 2.31. The molecular weight excluding hydrogens is 393 g/mol. The summed E-state index contributed by atoms with van der Waals surface area (Å²) < 4.78 is 38.5. The van der Waals surface area contributed by atoms with Gasteiger partial charge in [-0.1, -0.05) is 44.2 Å². The second-order valence-corrected chi connectivity index (χ2v) is 7.70. The second-order valence-electron chi connectivity index (χ2n) is 7.70. The first-order valence-corrected chi connectivity index (χ1v) is 10.2. The molecule has 2 aromatic carbocycles. The van der Waals surface area contributed by atoms with Gasteiger partial charge >= 0.3 is 6.18 Å². The Morgan fingerprint density at radius 2 is 1.57 bits per heavy atom. The van der Waals surface area contributed by atoms with Crippen molar-refractivity contribution in [1.82, 2.24) is 0 Å². The molecule has 0 radical (unpaired) electrons. The van der Waals surface area contributed by atoms with Gasteiger partial charge in [-0.15, -0.1) is 0 Å². The van der Waals surface area contributed by atoms with Crippen molar-refractivity contribution in [2.75, 3.05) is 10.6 Å². The Morgan fingerprint density at radius 1 is 0.900 bits per heavy atom. The molecule has 1 aliphatic carbocycles. The van der Waals surface area contributed by atoms with E-state index in [0.717, 1.165) is 18.6 Å². The Bertz CT molecular complexity index is 890. The Kier molecular flexibility index (Phi) is 7.13. The number of anilines is 2. The lowest BCUT2D eigenvalue weighted by atomic mass is 9.86. The van der Waals surface area contributed by atoms with E-state index in [9.17, 15) is 22.8 Å². The minimum absolute atomic E-state index is 0.0525. The van der Waals surface area contributed by atoms with Crippen LogP contribution < -0.4 is 10.6 Å². The molecule has 0 aromatic heterocycles. The Morgan fingerprint density at radius 3 is 2.27 bits per heavy atom. The van der Waals surface area contributed by atoms with Crippen LogP contribution in [0.5, 0.6) is 0 Å². The molecule has 2 amide bonds. The quantitative estimate of drug-likeness (QED) is 0.582. The highest BCUT2D eigenvalue weighted by atomic mass is 19.4. The number of alkyl halides is 3. The molecule has 4 nitrogen and oxygen atoms in total. The van der Waals surface area contributed by atoms with E-state index in [0.29, 0.717) is 18.0 Å². The molecular formula is C23H25F3N2O2. The van der Waals surface area contributed by atoms with Gasteiger partial charge in [-0.2, -0.15) is 13.2 Å². The van der Waals surface area contributed by atoms with Crippen LogP contribution in [-0.4, -0.2) is 11.8 Å². The lowest BCUT2D eigenvalue weighted by Crippen LogP contribution is -2.16. The molecule has 30 heavy (non-hydrogen) atoms. The monoisotopic (exact) mass is 418 g/mol. The lowest BCUT2D eigenvalue weighted by Gasteiger charge is -2.21. The molecule has 2 aromatic rings. The minimum atomic E-state index is -4.48. The summed E-state index contributed by atoms with van der Waals surface area (Å²) in [4.78, 5) is 24.7. The molecule has 160 valence electrons. The average Bonchev–Trinajstić information content (AvgIpc) is 2.73. The molecule has 2 N–H and O–H groups in total. The third kappa shape index (κ3) is 6.34. The SMILES string of the molecule is O=C(CCC1CCCCC1)Nc1cccc(C(=O)Nc2cccc(C(F)(F)F)c2)c1. The minimum Gasteiger partial charge on any atom is -0.326 e. The summed E-state index contributed by atoms with van der Waals surface area (Å²) in [6.45, 7) is 0. The maximum Gasteiger partial charge on any atom is 0.416 e. The predicted molar refractivity (Wildman–Crippen MR) is 110 cm³/mol. The summed E-state index contributed by atoms with van der Waals surface area (Å²) in [5.41, 5.74) is -0.0474. The van der Waals surface area contributed by atoms with E-state index in [1.165, 1.54) is 50.3 Å². The van der Waals surface area contributed by atoms with E-state index >= 15 is 0 Å². The van der Waals surface area contributed by atoms with E-state index in [-0.39, 0.29) is 17.2 Å². The van der Waals surface area contributed by atoms with E-state index in [1.54, 1.807) is 18.2 Å². The Balaban J connectivity index is 1.57. The number of hydrogen-bond acceptors (Lipinski definition) is 2. The van der Waals surface area contributed by atoms with Crippen LogP contribution in [-0.2, 0) is 11.0 Å². The Hall–Kier alpha value is -2.83. The van der Waals surface area contributed by atoms with Crippen LogP contribution in [0, 0.1) is 5.92 Å². The van der Waals surface area contributed by atoms with Crippen LogP contribution in [0.3, 0.4) is 0 Å². The summed E-state index contributed by atoms with van der Waals surface area (Å²) >= 11 is 0. The summed E-state index contributed by atoms with van der Waals surface area (Å²) in [6.07, 6.45) is 2.91. The van der Waals surface area contributed by atoms with Crippen LogP contribution in [0.2, 0.25) is 0 Å². The van der Waals surface area contributed by atoms with Crippen molar-refractivity contribution in [2.24, 2.45) is 5.92 Å². The summed E-state index contributed by atoms with van der Waals surface area (Å²) in [5, 5.41) is 5.27. The third-order valence-electron chi connectivity index (χ3n) is 5.36. The smallest absolute Gasteiger partial charge is 0.326 e. The predicted octanol–water partition coefficient (Wildman–Crippen LogP) is 6.26. The maximum atomic E-state index is 12.8. The van der Waals surface area contributed by atoms with Crippen molar-refractivity contribution >= 4 is 23.2 Å². The highest BCUT2D eigenvalue weighted by molar-refractivity contribution is 6.05. The van der Waals surface area contributed by atoms with Crippen LogP contribution >= 0.6 is 0 Å². The zero-order valence-corrected chi connectivity index (χ0v) is 16.6. The molecule has 0 bridgehead atoms. The fraction of sp³-hybridized carbons (Fsp3) is 0.391. The third-order valence-corrected chi connectivity index (χ3v) is 5.36. The number of nitrogens with one attached hydrogen (secondary N) is 2. The van der Waals surface area contributed by atoms with Gasteiger partial charge in [-0.05, 0) is 48.7 Å². The van der Waals surface area contributed by atoms with Crippen molar-refractivity contribution < 1.29 is 22.8 Å². The standard InChI is InChI=1S/C23H25F3N2O2/c24-23(25,26)18-9-5-11-20(15-18)28-22(30)17-8-4-10-19(14-17)27-21(29)13-12-16-6-2-1-3-7-16/h4-5,8-11,14-16H,1-3,6-7,12-13H2,(H,27,29)(H,28,30). The number of carbonyl (C=O) groups is 2. The van der Waals surface area contributed by atoms with Crippen molar-refractivity contribution in [2.45, 2.75) is 51.1 Å². The molecule has 1 fully saturated rings. The number of halogens is 3. The topological polar surface area (TPSA) is 58.2 Å². The Labute approximate surface area is 173 Å². The molecule has 1 aliphatic rings. The lowest BCUT2D eigenvalue weighted by molar-refractivity contribution is -0.137. The molecule has 0 atom stereocenters. The van der Waals surface area contributed by atoms with Gasteiger partial charge in [0.05, 0.1) is 5.56 Å². The van der Waals surface area contributed by atoms with E-state index in [2.05, 4.69) is 10.6 Å². The van der Waals surface area contributed by atoms with Crippen molar-refractivity contribution in [1.29, 1.82) is 0 Å². The number of amides is 2. The first kappa shape index (κ1) is 21.9. The molecule has 0 saturated heterocycles. The van der Waals surface area contributed by atoms with Crippen molar-refractivity contribution in [3.63, 3.8) is 0 Å². The fourth-order valence-corrected chi connectivity index (χ4v) is 3.75. The zero-order chi connectivity index (χ0) is 21.6. The molecule has 7 heteroatoms. The molecule has 3 rings (SSSR count). The molecule has 0 heterocycles. The maximum absolute atomic E-state index is 12.8. The normalized spacial score (nSPS) is 14.9. The van der Waals surface area contributed by atoms with Gasteiger partial charge in [0.1, 0.15) is 0 Å². The molecule has 0 spiro atoms. The fourth-order valence-electron chi connectivity index (χ4n) is 3.75. The van der Waals surface area contributed by atoms with Crippen LogP contribution in [0.25, 0.3) is 0 Å². The van der Waals surface area contributed by atoms with Gasteiger partial charge in [0, 0.05) is 23.4 Å². The summed E-state index contributed by atoms with van der Waals surface area (Å²) in [6, 6.07) is 10.8. The number of rotatable bonds is 6. The zero-order valence-electron chi connectivity index (χ0n) is 16.6. The molecule has 0 unspecified atom stereocenters. The van der Waals surface area contributed by atoms with E-state index in [1.807, 2.05) is 0 Å². The molecule has 0 aliphatic heterocycles. The van der Waals surface area contributed by atoms with Gasteiger partial charge in [0.25, 0.3) is 5.91 Å². The molecule has 1 saturated carbocycles. The number of carbonyl (C=O) groups excluding carboxylic acids is 2. The van der Waals surface area contributed by atoms with Gasteiger partial charge in [-0.25, -0.2) is 0 Å². The first-order chi connectivity index (χ1) is 14.3. The van der Waals surface area contributed by atoms with Crippen molar-refractivity contribution in [3.8, 4) is 0 Å². The highest BCUT2D eigenvalue weighted by Gasteiger charge is 2.30.